The third-order valence-electron chi connectivity index (χ3n) is 11.3. The first-order valence-corrected chi connectivity index (χ1v) is 19.4. The molecule has 58 heavy (non-hydrogen) atoms. The fourth-order valence-corrected chi connectivity index (χ4v) is 8.54. The molecule has 0 aliphatic heterocycles. The van der Waals surface area contributed by atoms with Crippen LogP contribution in [0.5, 0.6) is 0 Å². The van der Waals surface area contributed by atoms with Gasteiger partial charge < -0.3 is 8.83 Å². The molecule has 270 valence electrons. The van der Waals surface area contributed by atoms with Gasteiger partial charge in [0, 0.05) is 38.2 Å². The van der Waals surface area contributed by atoms with E-state index in [1.807, 2.05) is 36.4 Å². The van der Waals surface area contributed by atoms with Crippen molar-refractivity contribution in [3.05, 3.63) is 188 Å². The molecule has 0 unspecified atom stereocenters. The maximum Gasteiger partial charge on any atom is 0.164 e. The van der Waals surface area contributed by atoms with Crippen molar-refractivity contribution in [2.45, 2.75) is 0 Å². The highest BCUT2D eigenvalue weighted by Crippen LogP contribution is 2.43. The van der Waals surface area contributed by atoms with Gasteiger partial charge in [-0.15, -0.1) is 0 Å². The number of aromatic nitrogens is 3. The molecule has 0 aliphatic rings. The van der Waals surface area contributed by atoms with E-state index in [4.69, 9.17) is 23.8 Å². The second kappa shape index (κ2) is 12.8. The molecule has 5 nitrogen and oxygen atoms in total. The summed E-state index contributed by atoms with van der Waals surface area (Å²) in [6.07, 6.45) is 0. The fourth-order valence-electron chi connectivity index (χ4n) is 8.54. The lowest BCUT2D eigenvalue weighted by atomic mass is 9.92. The average molecular weight is 742 g/mol. The largest absolute Gasteiger partial charge is 0.456 e. The van der Waals surface area contributed by atoms with E-state index in [1.165, 1.54) is 5.56 Å². The number of fused-ring (bicyclic) bond motifs is 8. The van der Waals surface area contributed by atoms with Crippen LogP contribution in [-0.2, 0) is 0 Å². The number of benzene rings is 9. The smallest absolute Gasteiger partial charge is 0.164 e. The average Bonchev–Trinajstić information content (AvgIpc) is 3.86. The second-order valence-corrected chi connectivity index (χ2v) is 14.7. The Morgan fingerprint density at radius 1 is 0.276 bits per heavy atom. The van der Waals surface area contributed by atoms with Gasteiger partial charge in [0.25, 0.3) is 0 Å². The van der Waals surface area contributed by atoms with Crippen LogP contribution in [0.15, 0.2) is 197 Å². The van der Waals surface area contributed by atoms with Gasteiger partial charge in [0.15, 0.2) is 17.5 Å². The zero-order valence-electron chi connectivity index (χ0n) is 31.1. The first-order valence-electron chi connectivity index (χ1n) is 19.4. The van der Waals surface area contributed by atoms with Crippen molar-refractivity contribution >= 4 is 65.4 Å². The van der Waals surface area contributed by atoms with Crippen LogP contribution < -0.4 is 0 Å². The Balaban J connectivity index is 1.06. The Morgan fingerprint density at radius 3 is 1.69 bits per heavy atom. The molecule has 12 aromatic rings. The van der Waals surface area contributed by atoms with Crippen LogP contribution in [-0.4, -0.2) is 15.0 Å². The monoisotopic (exact) mass is 741 g/mol. The first-order chi connectivity index (χ1) is 28.7. The van der Waals surface area contributed by atoms with E-state index in [0.717, 1.165) is 98.8 Å². The molecule has 12 rings (SSSR count). The van der Waals surface area contributed by atoms with Gasteiger partial charge in [-0.05, 0) is 98.4 Å². The quantitative estimate of drug-likeness (QED) is 0.176. The van der Waals surface area contributed by atoms with Gasteiger partial charge in [0.2, 0.25) is 0 Å². The van der Waals surface area contributed by atoms with Crippen molar-refractivity contribution in [3.8, 4) is 56.4 Å². The van der Waals surface area contributed by atoms with Gasteiger partial charge in [0.1, 0.15) is 22.3 Å². The number of nitrogens with zero attached hydrogens (tertiary/aromatic N) is 3. The van der Waals surface area contributed by atoms with E-state index >= 15 is 0 Å². The summed E-state index contributed by atoms with van der Waals surface area (Å²) in [5, 5.41) is 8.70. The highest BCUT2D eigenvalue weighted by molar-refractivity contribution is 6.17. The maximum atomic E-state index is 6.46. The van der Waals surface area contributed by atoms with Crippen LogP contribution in [0.25, 0.3) is 122 Å². The molecule has 5 heteroatoms. The Morgan fingerprint density at radius 2 is 0.845 bits per heavy atom. The van der Waals surface area contributed by atoms with Crippen molar-refractivity contribution in [3.63, 3.8) is 0 Å². The highest BCUT2D eigenvalue weighted by Gasteiger charge is 2.20. The van der Waals surface area contributed by atoms with Gasteiger partial charge in [0.05, 0.1) is 0 Å². The number of hydrogen-bond acceptors (Lipinski definition) is 5. The van der Waals surface area contributed by atoms with E-state index in [2.05, 4.69) is 152 Å². The molecule has 3 aromatic heterocycles. The van der Waals surface area contributed by atoms with Crippen molar-refractivity contribution in [2.24, 2.45) is 0 Å². The van der Waals surface area contributed by atoms with Crippen molar-refractivity contribution in [1.82, 2.24) is 15.0 Å². The van der Waals surface area contributed by atoms with Crippen LogP contribution in [0.4, 0.5) is 0 Å². The summed E-state index contributed by atoms with van der Waals surface area (Å²) >= 11 is 0. The molecule has 3 heterocycles. The highest BCUT2D eigenvalue weighted by atomic mass is 16.3. The predicted molar refractivity (Wildman–Crippen MR) is 237 cm³/mol. The number of furan rings is 2. The van der Waals surface area contributed by atoms with Crippen LogP contribution in [0.1, 0.15) is 0 Å². The third kappa shape index (κ3) is 5.21. The summed E-state index contributed by atoms with van der Waals surface area (Å²) in [4.78, 5) is 15.6. The second-order valence-electron chi connectivity index (χ2n) is 14.7. The summed E-state index contributed by atoms with van der Waals surface area (Å²) in [6, 6.07) is 65.2. The SMILES string of the molecule is c1ccc(-c2ccc3oc4cccc(-c5ccc(-c6nc(-c7ccc8ccccc8c7)nc(-c7ccc8oc9ccccc9c8c7)n6)c6ccccc56)c4c3c2)cc1. The van der Waals surface area contributed by atoms with Gasteiger partial charge in [-0.25, -0.2) is 15.0 Å². The molecule has 0 N–H and O–H groups in total. The van der Waals surface area contributed by atoms with E-state index in [1.54, 1.807) is 0 Å². The molecule has 0 atom stereocenters. The molecular formula is C53H31N3O2. The van der Waals surface area contributed by atoms with Gasteiger partial charge >= 0.3 is 0 Å². The fraction of sp³-hybridized carbons (Fsp3) is 0. The lowest BCUT2D eigenvalue weighted by molar-refractivity contribution is 0.668. The molecule has 0 saturated heterocycles. The van der Waals surface area contributed by atoms with Crippen molar-refractivity contribution in [1.29, 1.82) is 0 Å². The minimum Gasteiger partial charge on any atom is -0.456 e. The van der Waals surface area contributed by atoms with Crippen LogP contribution in [0.2, 0.25) is 0 Å². The first kappa shape index (κ1) is 32.4. The number of para-hydroxylation sites is 1. The molecule has 0 aliphatic carbocycles. The van der Waals surface area contributed by atoms with Gasteiger partial charge in [-0.1, -0.05) is 133 Å². The molecule has 0 spiro atoms. The maximum absolute atomic E-state index is 6.46. The Bertz CT molecular complexity index is 3580. The van der Waals surface area contributed by atoms with Crippen LogP contribution in [0.3, 0.4) is 0 Å². The molecular weight excluding hydrogens is 711 g/mol. The lowest BCUT2D eigenvalue weighted by Crippen LogP contribution is -2.01. The van der Waals surface area contributed by atoms with Gasteiger partial charge in [-0.3, -0.25) is 0 Å². The van der Waals surface area contributed by atoms with E-state index in [9.17, 15) is 0 Å². The zero-order chi connectivity index (χ0) is 38.2. The van der Waals surface area contributed by atoms with E-state index in [-0.39, 0.29) is 0 Å². The topological polar surface area (TPSA) is 65.0 Å². The summed E-state index contributed by atoms with van der Waals surface area (Å²) in [5.41, 5.74) is 10.7. The molecule has 0 radical (unpaired) electrons. The number of rotatable bonds is 5. The predicted octanol–water partition coefficient (Wildman–Crippen LogP) is 14.3. The Labute approximate surface area is 332 Å². The minimum atomic E-state index is 0.595. The normalized spacial score (nSPS) is 11.8. The Kier molecular flexibility index (Phi) is 7.16. The summed E-state index contributed by atoms with van der Waals surface area (Å²) in [6.45, 7) is 0. The standard InChI is InChI=1S/C53H31N3O2/c1-2-11-32(12-3-1)35-23-27-48-45(30-35)50-42(18-10-20-49(50)58-48)40-25-26-43(39-16-7-6-15-38(39)40)53-55-51(36-22-21-33-13-4-5-14-34(33)29-36)54-52(56-53)37-24-28-47-44(31-37)41-17-8-9-19-46(41)57-47/h1-31H. The van der Waals surface area contributed by atoms with Gasteiger partial charge in [-0.2, -0.15) is 0 Å². The zero-order valence-corrected chi connectivity index (χ0v) is 31.1. The van der Waals surface area contributed by atoms with E-state index < -0.39 is 0 Å². The summed E-state index contributed by atoms with van der Waals surface area (Å²) in [5.74, 6) is 1.81. The molecule has 0 amide bonds. The molecule has 0 fully saturated rings. The van der Waals surface area contributed by atoms with Crippen LogP contribution in [0, 0.1) is 0 Å². The van der Waals surface area contributed by atoms with Crippen molar-refractivity contribution < 1.29 is 8.83 Å². The lowest BCUT2D eigenvalue weighted by Gasteiger charge is -2.14. The van der Waals surface area contributed by atoms with Crippen LogP contribution >= 0.6 is 0 Å². The Hall–Kier alpha value is -7.89. The molecule has 9 aromatic carbocycles. The summed E-state index contributed by atoms with van der Waals surface area (Å²) < 4.78 is 12.6. The molecule has 0 saturated carbocycles. The molecule has 0 bridgehead atoms. The minimum absolute atomic E-state index is 0.595. The number of hydrogen-bond donors (Lipinski definition) is 0. The third-order valence-corrected chi connectivity index (χ3v) is 11.3. The van der Waals surface area contributed by atoms with E-state index in [0.29, 0.717) is 17.5 Å². The summed E-state index contributed by atoms with van der Waals surface area (Å²) in [7, 11) is 0. The van der Waals surface area contributed by atoms with Crippen molar-refractivity contribution in [2.75, 3.05) is 0 Å².